The van der Waals surface area contributed by atoms with Gasteiger partial charge < -0.3 is 14.8 Å². The summed E-state index contributed by atoms with van der Waals surface area (Å²) in [6.45, 7) is 0. The number of carbonyl (C=O) groups is 2. The lowest BCUT2D eigenvalue weighted by molar-refractivity contribution is -0.112. The highest BCUT2D eigenvalue weighted by molar-refractivity contribution is 8.26. The van der Waals surface area contributed by atoms with E-state index in [-0.39, 0.29) is 10.4 Å². The van der Waals surface area contributed by atoms with Gasteiger partial charge in [0.15, 0.2) is 0 Å². The third kappa shape index (κ3) is 3.18. The van der Waals surface area contributed by atoms with Crippen molar-refractivity contribution in [3.8, 4) is 0 Å². The first-order valence-electron chi connectivity index (χ1n) is 7.88. The number of carbonyl (C=O) groups excluding carboxylic acids is 2. The van der Waals surface area contributed by atoms with Gasteiger partial charge in [0.2, 0.25) is 5.12 Å². The highest BCUT2D eigenvalue weighted by Gasteiger charge is 2.31. The van der Waals surface area contributed by atoms with Crippen molar-refractivity contribution in [1.82, 2.24) is 5.32 Å². The molecule has 0 aliphatic carbocycles. The number of aliphatic hydroxyl groups excluding tert-OH is 1. The molecular formula is C19H15NO4S. The van der Waals surface area contributed by atoms with Gasteiger partial charge in [0.05, 0.1) is 0 Å². The lowest BCUT2D eigenvalue weighted by Crippen LogP contribution is -2.30. The van der Waals surface area contributed by atoms with Crippen LogP contribution in [0.15, 0.2) is 59.0 Å². The van der Waals surface area contributed by atoms with Crippen LogP contribution < -0.4 is 5.32 Å². The fourth-order valence-corrected chi connectivity index (χ4v) is 3.61. The molecule has 1 aliphatic rings. The highest BCUT2D eigenvalue weighted by Crippen LogP contribution is 2.29. The largest absolute Gasteiger partial charge is 0.458 e. The molecule has 126 valence electrons. The highest BCUT2D eigenvalue weighted by atomic mass is 32.2. The Morgan fingerprint density at radius 1 is 1.12 bits per heavy atom. The minimum atomic E-state index is -0.829. The van der Waals surface area contributed by atoms with E-state index in [2.05, 4.69) is 5.32 Å². The molecule has 6 heteroatoms. The number of nitrogens with one attached hydrogen (secondary N) is 1. The van der Waals surface area contributed by atoms with Crippen LogP contribution in [0.25, 0.3) is 11.0 Å². The number of thioether (sulfide) groups is 1. The molecular weight excluding hydrogens is 338 g/mol. The molecule has 25 heavy (non-hydrogen) atoms. The molecule has 4 rings (SSSR count). The Morgan fingerprint density at radius 3 is 2.64 bits per heavy atom. The lowest BCUT2D eigenvalue weighted by Gasteiger charge is -2.07. The second kappa shape index (κ2) is 6.38. The van der Waals surface area contributed by atoms with Crippen LogP contribution in [0.5, 0.6) is 0 Å². The van der Waals surface area contributed by atoms with Gasteiger partial charge in [-0.05, 0) is 29.3 Å². The van der Waals surface area contributed by atoms with E-state index in [4.69, 9.17) is 4.42 Å². The zero-order valence-corrected chi connectivity index (χ0v) is 14.0. The number of amides is 1. The molecule has 0 spiro atoms. The molecule has 1 fully saturated rings. The Kier molecular flexibility index (Phi) is 4.07. The second-order valence-electron chi connectivity index (χ2n) is 5.94. The predicted molar refractivity (Wildman–Crippen MR) is 95.3 cm³/mol. The van der Waals surface area contributed by atoms with Crippen LogP contribution in [0, 0.1) is 0 Å². The summed E-state index contributed by atoms with van der Waals surface area (Å²) in [7, 11) is 0. The van der Waals surface area contributed by atoms with Crippen LogP contribution in [0.3, 0.4) is 0 Å². The number of benzene rings is 2. The maximum absolute atomic E-state index is 11.7. The Hall–Kier alpha value is -2.57. The third-order valence-corrected chi connectivity index (χ3v) is 4.98. The summed E-state index contributed by atoms with van der Waals surface area (Å²) in [6.07, 6.45) is -0.390. The Morgan fingerprint density at radius 2 is 1.92 bits per heavy atom. The normalized spacial score (nSPS) is 18.5. The van der Waals surface area contributed by atoms with Gasteiger partial charge in [0.25, 0.3) is 5.24 Å². The summed E-state index contributed by atoms with van der Waals surface area (Å²) < 4.78 is 5.76. The van der Waals surface area contributed by atoms with Crippen LogP contribution in [0.2, 0.25) is 0 Å². The molecule has 0 radical (unpaired) electrons. The van der Waals surface area contributed by atoms with Crippen LogP contribution in [-0.2, 0) is 11.2 Å². The van der Waals surface area contributed by atoms with Crippen molar-refractivity contribution >= 4 is 33.1 Å². The van der Waals surface area contributed by atoms with Crippen molar-refractivity contribution in [2.75, 3.05) is 0 Å². The monoisotopic (exact) mass is 353 g/mol. The number of aliphatic hydroxyl groups is 1. The summed E-state index contributed by atoms with van der Waals surface area (Å²) in [4.78, 5) is 23.0. The van der Waals surface area contributed by atoms with Crippen molar-refractivity contribution in [1.29, 1.82) is 0 Å². The average Bonchev–Trinajstić information content (AvgIpc) is 3.17. The molecule has 3 aromatic rings. The van der Waals surface area contributed by atoms with Gasteiger partial charge in [-0.2, -0.15) is 0 Å². The SMILES string of the molecule is O=C1NC(Cc2ccc3oc(C(O)c4ccccc4)cc3c2)C(=O)S1. The van der Waals surface area contributed by atoms with Crippen molar-refractivity contribution < 1.29 is 19.1 Å². The molecule has 2 heterocycles. The minimum Gasteiger partial charge on any atom is -0.458 e. The van der Waals surface area contributed by atoms with Gasteiger partial charge in [-0.3, -0.25) is 9.59 Å². The first-order valence-corrected chi connectivity index (χ1v) is 8.69. The standard InChI is InChI=1S/C19H15NO4S/c21-17(12-4-2-1-3-5-12)16-10-13-8-11(6-7-15(13)24-16)9-14-18(22)25-19(23)20-14/h1-8,10,14,17,21H,9H2,(H,20,23). The Bertz CT molecular complexity index is 950. The number of fused-ring (bicyclic) bond motifs is 1. The fraction of sp³-hybridized carbons (Fsp3) is 0.158. The number of furan rings is 1. The lowest BCUT2D eigenvalue weighted by atomic mass is 10.0. The van der Waals surface area contributed by atoms with E-state index < -0.39 is 12.1 Å². The molecule has 5 nitrogen and oxygen atoms in total. The van der Waals surface area contributed by atoms with Gasteiger partial charge in [-0.25, -0.2) is 0 Å². The van der Waals surface area contributed by atoms with Crippen LogP contribution >= 0.6 is 11.8 Å². The molecule has 1 aliphatic heterocycles. The average molecular weight is 353 g/mol. The van der Waals surface area contributed by atoms with Crippen molar-refractivity contribution in [3.05, 3.63) is 71.5 Å². The first kappa shape index (κ1) is 15.9. The van der Waals surface area contributed by atoms with E-state index >= 15 is 0 Å². The Balaban J connectivity index is 1.59. The number of hydrogen-bond donors (Lipinski definition) is 2. The number of rotatable bonds is 4. The Labute approximate surface area is 148 Å². The molecule has 0 bridgehead atoms. The molecule has 2 unspecified atom stereocenters. The molecule has 1 aromatic heterocycles. The topological polar surface area (TPSA) is 79.5 Å². The molecule has 1 amide bonds. The zero-order valence-electron chi connectivity index (χ0n) is 13.1. The molecule has 2 N–H and O–H groups in total. The number of hydrogen-bond acceptors (Lipinski definition) is 5. The second-order valence-corrected chi connectivity index (χ2v) is 6.92. The summed E-state index contributed by atoms with van der Waals surface area (Å²) in [6, 6.07) is 16.2. The molecule has 2 atom stereocenters. The van der Waals surface area contributed by atoms with Gasteiger partial charge >= 0.3 is 0 Å². The molecule has 0 saturated carbocycles. The predicted octanol–water partition coefficient (Wildman–Crippen LogP) is 3.41. The van der Waals surface area contributed by atoms with Crippen molar-refractivity contribution in [2.45, 2.75) is 18.6 Å². The van der Waals surface area contributed by atoms with Gasteiger partial charge in [0, 0.05) is 23.6 Å². The maximum Gasteiger partial charge on any atom is 0.287 e. The summed E-state index contributed by atoms with van der Waals surface area (Å²) >= 11 is 0.717. The minimum absolute atomic E-state index is 0.155. The molecule has 2 aromatic carbocycles. The van der Waals surface area contributed by atoms with E-state index in [0.29, 0.717) is 29.5 Å². The van der Waals surface area contributed by atoms with Crippen LogP contribution in [0.4, 0.5) is 4.79 Å². The van der Waals surface area contributed by atoms with E-state index in [1.54, 1.807) is 6.07 Å². The van der Waals surface area contributed by atoms with Crippen LogP contribution in [-0.4, -0.2) is 21.5 Å². The van der Waals surface area contributed by atoms with E-state index in [9.17, 15) is 14.7 Å². The van der Waals surface area contributed by atoms with Crippen molar-refractivity contribution in [3.63, 3.8) is 0 Å². The van der Waals surface area contributed by atoms with E-state index in [1.807, 2.05) is 48.5 Å². The van der Waals surface area contributed by atoms with E-state index in [1.165, 1.54) is 0 Å². The fourth-order valence-electron chi connectivity index (χ4n) is 2.94. The van der Waals surface area contributed by atoms with Gasteiger partial charge in [-0.1, -0.05) is 36.4 Å². The van der Waals surface area contributed by atoms with Gasteiger partial charge in [-0.15, -0.1) is 0 Å². The summed E-state index contributed by atoms with van der Waals surface area (Å²) in [5.74, 6) is 0.471. The van der Waals surface area contributed by atoms with Crippen molar-refractivity contribution in [2.24, 2.45) is 0 Å². The smallest absolute Gasteiger partial charge is 0.287 e. The van der Waals surface area contributed by atoms with Crippen LogP contribution in [0.1, 0.15) is 23.0 Å². The quantitative estimate of drug-likeness (QED) is 0.751. The third-order valence-electron chi connectivity index (χ3n) is 4.19. The maximum atomic E-state index is 11.7. The first-order chi connectivity index (χ1) is 12.1. The summed E-state index contributed by atoms with van der Waals surface area (Å²) in [5.41, 5.74) is 2.36. The summed E-state index contributed by atoms with van der Waals surface area (Å²) in [5, 5.41) is 13.5. The zero-order chi connectivity index (χ0) is 17.4. The van der Waals surface area contributed by atoms with E-state index in [0.717, 1.165) is 16.5 Å². The van der Waals surface area contributed by atoms with Gasteiger partial charge in [0.1, 0.15) is 23.5 Å². The molecule has 1 saturated heterocycles.